The van der Waals surface area contributed by atoms with E-state index in [0.29, 0.717) is 31.6 Å². The van der Waals surface area contributed by atoms with Gasteiger partial charge in [0.1, 0.15) is 19.3 Å². The number of esters is 4. The highest BCUT2D eigenvalue weighted by Crippen LogP contribution is 2.45. The van der Waals surface area contributed by atoms with E-state index in [-0.39, 0.29) is 25.7 Å². The Kier molecular flexibility index (Phi) is 58.8. The molecule has 524 valence electrons. The molecular weight excluding hydrogens is 1170 g/mol. The number of rotatable bonds is 66. The SMILES string of the molecule is CCCCCC/C=C\C=C/CCCCCCCC(=O)OC[C@H](COP(=O)(O)OCC(O)COP(=O)(O)OC[C@@H](COC(=O)CCCCCCCCCCC(C)C)OC(=O)CCCCCCCCCCC(C)C)OC(=O)CCCCCCCCCCCC(C)C. The van der Waals surface area contributed by atoms with Gasteiger partial charge in [0.15, 0.2) is 12.2 Å². The summed E-state index contributed by atoms with van der Waals surface area (Å²) in [5.74, 6) is 0.0151. The monoisotopic (exact) mass is 1310 g/mol. The van der Waals surface area contributed by atoms with E-state index < -0.39 is 97.5 Å². The third-order valence-corrected chi connectivity index (χ3v) is 17.4. The second-order valence-electron chi connectivity index (χ2n) is 26.0. The molecule has 0 rings (SSSR count). The van der Waals surface area contributed by atoms with Gasteiger partial charge in [0.25, 0.3) is 0 Å². The van der Waals surface area contributed by atoms with Gasteiger partial charge < -0.3 is 33.8 Å². The minimum absolute atomic E-state index is 0.0979. The topological polar surface area (TPSA) is 237 Å². The van der Waals surface area contributed by atoms with Crippen molar-refractivity contribution in [3.05, 3.63) is 24.3 Å². The fourth-order valence-electron chi connectivity index (χ4n) is 10.0. The highest BCUT2D eigenvalue weighted by atomic mass is 31.2. The van der Waals surface area contributed by atoms with Crippen molar-refractivity contribution in [2.75, 3.05) is 39.6 Å². The molecule has 0 aromatic carbocycles. The Balaban J connectivity index is 5.28. The molecule has 0 fully saturated rings. The Morgan fingerprint density at radius 3 is 0.910 bits per heavy atom. The summed E-state index contributed by atoms with van der Waals surface area (Å²) >= 11 is 0. The van der Waals surface area contributed by atoms with Crippen LogP contribution in [0.1, 0.15) is 325 Å². The fourth-order valence-corrected chi connectivity index (χ4v) is 11.6. The molecule has 0 aliphatic rings. The van der Waals surface area contributed by atoms with Gasteiger partial charge in [-0.05, 0) is 69.1 Å². The molecule has 0 saturated heterocycles. The van der Waals surface area contributed by atoms with E-state index in [4.69, 9.17) is 37.0 Å². The van der Waals surface area contributed by atoms with Crippen molar-refractivity contribution in [1.82, 2.24) is 0 Å². The number of hydrogen-bond donors (Lipinski definition) is 3. The van der Waals surface area contributed by atoms with Gasteiger partial charge in [-0.15, -0.1) is 0 Å². The Morgan fingerprint density at radius 2 is 0.607 bits per heavy atom. The van der Waals surface area contributed by atoms with Crippen molar-refractivity contribution in [1.29, 1.82) is 0 Å². The molecule has 0 aromatic heterocycles. The summed E-state index contributed by atoms with van der Waals surface area (Å²) < 4.78 is 68.2. The highest BCUT2D eigenvalue weighted by Gasteiger charge is 2.30. The number of aliphatic hydroxyl groups is 1. The molecule has 0 bridgehead atoms. The third kappa shape index (κ3) is 64.1. The molecule has 3 N–H and O–H groups in total. The quantitative estimate of drug-likeness (QED) is 0.0169. The van der Waals surface area contributed by atoms with Crippen LogP contribution in [0.5, 0.6) is 0 Å². The van der Waals surface area contributed by atoms with E-state index in [0.717, 1.165) is 121 Å². The van der Waals surface area contributed by atoms with E-state index in [9.17, 15) is 43.2 Å². The lowest BCUT2D eigenvalue weighted by Crippen LogP contribution is -2.30. The lowest BCUT2D eigenvalue weighted by Gasteiger charge is -2.21. The molecule has 5 atom stereocenters. The number of phosphoric acid groups is 2. The third-order valence-electron chi connectivity index (χ3n) is 15.5. The van der Waals surface area contributed by atoms with Gasteiger partial charge >= 0.3 is 39.5 Å². The molecule has 0 heterocycles. The molecule has 0 aromatic rings. The molecule has 89 heavy (non-hydrogen) atoms. The van der Waals surface area contributed by atoms with Gasteiger partial charge in [-0.25, -0.2) is 9.13 Å². The highest BCUT2D eigenvalue weighted by molar-refractivity contribution is 7.47. The van der Waals surface area contributed by atoms with E-state index >= 15 is 0 Å². The first-order valence-electron chi connectivity index (χ1n) is 35.7. The molecule has 0 aliphatic heterocycles. The number of hydrogen-bond acceptors (Lipinski definition) is 15. The van der Waals surface area contributed by atoms with Crippen LogP contribution in [0.15, 0.2) is 24.3 Å². The van der Waals surface area contributed by atoms with Crippen LogP contribution in [-0.4, -0.2) is 96.7 Å². The molecule has 0 aliphatic carbocycles. The number of ether oxygens (including phenoxy) is 4. The van der Waals surface area contributed by atoms with Gasteiger partial charge in [-0.3, -0.25) is 37.3 Å². The Hall–Kier alpha value is -2.46. The van der Waals surface area contributed by atoms with E-state index in [1.54, 1.807) is 0 Å². The number of aliphatic hydroxyl groups excluding tert-OH is 1. The van der Waals surface area contributed by atoms with Gasteiger partial charge in [0.05, 0.1) is 26.4 Å². The molecule has 0 radical (unpaired) electrons. The van der Waals surface area contributed by atoms with Crippen molar-refractivity contribution >= 4 is 39.5 Å². The second kappa shape index (κ2) is 60.5. The Bertz CT molecular complexity index is 1840. The molecule has 0 amide bonds. The summed E-state index contributed by atoms with van der Waals surface area (Å²) in [6.07, 6.45) is 46.7. The van der Waals surface area contributed by atoms with Crippen LogP contribution in [0.4, 0.5) is 0 Å². The van der Waals surface area contributed by atoms with Crippen molar-refractivity contribution < 1.29 is 80.2 Å². The average Bonchev–Trinajstić information content (AvgIpc) is 3.70. The molecular formula is C70H132O17P2. The van der Waals surface area contributed by atoms with Crippen molar-refractivity contribution in [2.45, 2.75) is 343 Å². The van der Waals surface area contributed by atoms with Gasteiger partial charge in [-0.1, -0.05) is 272 Å². The molecule has 0 saturated carbocycles. The first-order chi connectivity index (χ1) is 42.7. The number of unbranched alkanes of at least 4 members (excludes halogenated alkanes) is 31. The molecule has 0 spiro atoms. The van der Waals surface area contributed by atoms with Crippen LogP contribution in [0, 0.1) is 17.8 Å². The van der Waals surface area contributed by atoms with Crippen LogP contribution in [0.2, 0.25) is 0 Å². The maximum absolute atomic E-state index is 13.0. The number of allylic oxidation sites excluding steroid dienone is 4. The smallest absolute Gasteiger partial charge is 0.462 e. The van der Waals surface area contributed by atoms with Crippen LogP contribution >= 0.6 is 15.6 Å². The summed E-state index contributed by atoms with van der Waals surface area (Å²) in [5, 5.41) is 10.6. The molecule has 17 nitrogen and oxygen atoms in total. The minimum atomic E-state index is -4.96. The first kappa shape index (κ1) is 86.5. The number of carbonyl (C=O) groups excluding carboxylic acids is 4. The first-order valence-corrected chi connectivity index (χ1v) is 38.7. The zero-order valence-electron chi connectivity index (χ0n) is 57.4. The average molecular weight is 1310 g/mol. The van der Waals surface area contributed by atoms with Crippen LogP contribution < -0.4 is 0 Å². The fraction of sp³-hybridized carbons (Fsp3) is 0.886. The predicted octanol–water partition coefficient (Wildman–Crippen LogP) is 19.4. The maximum Gasteiger partial charge on any atom is 0.472 e. The summed E-state index contributed by atoms with van der Waals surface area (Å²) in [7, 11) is -9.91. The summed E-state index contributed by atoms with van der Waals surface area (Å²) in [4.78, 5) is 72.5. The largest absolute Gasteiger partial charge is 0.472 e. The molecule has 19 heteroatoms. The summed E-state index contributed by atoms with van der Waals surface area (Å²) in [5.41, 5.74) is 0. The Morgan fingerprint density at radius 1 is 0.348 bits per heavy atom. The Labute approximate surface area is 542 Å². The van der Waals surface area contributed by atoms with Gasteiger partial charge in [0, 0.05) is 25.7 Å². The molecule has 3 unspecified atom stereocenters. The number of phosphoric ester groups is 2. The second-order valence-corrected chi connectivity index (χ2v) is 28.9. The van der Waals surface area contributed by atoms with Crippen LogP contribution in [0.3, 0.4) is 0 Å². The van der Waals surface area contributed by atoms with Gasteiger partial charge in [0.2, 0.25) is 0 Å². The lowest BCUT2D eigenvalue weighted by atomic mass is 10.0. The lowest BCUT2D eigenvalue weighted by molar-refractivity contribution is -0.161. The number of carbonyl (C=O) groups is 4. The van der Waals surface area contributed by atoms with Crippen LogP contribution in [0.25, 0.3) is 0 Å². The standard InChI is InChI=1S/C70H132O17P2/c1-8-9-10-11-12-13-14-15-16-17-18-21-30-37-44-51-67(72)80-57-65(86-69(74)53-46-39-32-22-19-20-27-34-41-48-61(2)3)59-84-88(76,77)82-55-64(71)56-83-89(78,79)85-60-66(87-70(75)54-47-40-33-26-24-29-36-43-50-63(6)7)58-81-68(73)52-45-38-31-25-23-28-35-42-49-62(4)5/h13-16,61-66,71H,8-12,17-60H2,1-7H3,(H,76,77)(H,78,79)/b14-13-,16-15-/t64?,65-,66-/m1/s1. The van der Waals surface area contributed by atoms with Crippen LogP contribution in [-0.2, 0) is 65.4 Å². The predicted molar refractivity (Wildman–Crippen MR) is 358 cm³/mol. The van der Waals surface area contributed by atoms with Gasteiger partial charge in [-0.2, -0.15) is 0 Å². The van der Waals surface area contributed by atoms with Crippen molar-refractivity contribution in [3.8, 4) is 0 Å². The maximum atomic E-state index is 13.0. The zero-order chi connectivity index (χ0) is 65.9. The van der Waals surface area contributed by atoms with Crippen molar-refractivity contribution in [3.63, 3.8) is 0 Å². The summed E-state index contributed by atoms with van der Waals surface area (Å²) in [6.45, 7) is 11.7. The normalized spacial score (nSPS) is 14.4. The summed E-state index contributed by atoms with van der Waals surface area (Å²) in [6, 6.07) is 0. The van der Waals surface area contributed by atoms with Crippen molar-refractivity contribution in [2.24, 2.45) is 17.8 Å². The van der Waals surface area contributed by atoms with E-state index in [1.807, 2.05) is 0 Å². The van der Waals surface area contributed by atoms with E-state index in [1.165, 1.54) is 116 Å². The van der Waals surface area contributed by atoms with E-state index in [2.05, 4.69) is 72.8 Å². The zero-order valence-corrected chi connectivity index (χ0v) is 59.2. The minimum Gasteiger partial charge on any atom is -0.462 e.